The van der Waals surface area contributed by atoms with Crippen LogP contribution in [-0.4, -0.2) is 15.4 Å². The summed E-state index contributed by atoms with van der Waals surface area (Å²) in [6.45, 7) is 4.90. The average Bonchev–Trinajstić information content (AvgIpc) is 3.00. The van der Waals surface area contributed by atoms with Crippen molar-refractivity contribution in [1.29, 1.82) is 0 Å². The molecule has 4 rings (SSSR count). The number of hydrogen-bond donors (Lipinski definition) is 0. The molecule has 3 aromatic rings. The minimum atomic E-state index is 0.00415. The first-order valence-corrected chi connectivity index (χ1v) is 8.27. The summed E-state index contributed by atoms with van der Waals surface area (Å²) in [5.74, 6) is 0. The van der Waals surface area contributed by atoms with Gasteiger partial charge in [0.2, 0.25) is 0 Å². The number of anilines is 1. The zero-order chi connectivity index (χ0) is 15.3. The predicted molar refractivity (Wildman–Crippen MR) is 89.9 cm³/mol. The molecule has 1 aliphatic rings. The summed E-state index contributed by atoms with van der Waals surface area (Å²) in [6, 6.07) is 10.6. The fourth-order valence-electron chi connectivity index (χ4n) is 3.18. The molecule has 0 fully saturated rings. The fourth-order valence-corrected chi connectivity index (χ4v) is 4.03. The van der Waals surface area contributed by atoms with Gasteiger partial charge < -0.3 is 4.90 Å². The third-order valence-electron chi connectivity index (χ3n) is 4.22. The maximum Gasteiger partial charge on any atom is 0.258 e. The van der Waals surface area contributed by atoms with Crippen LogP contribution in [0.4, 0.5) is 5.69 Å². The summed E-state index contributed by atoms with van der Waals surface area (Å²) in [4.78, 5) is 21.1. The van der Waals surface area contributed by atoms with Gasteiger partial charge in [-0.25, -0.2) is 4.98 Å². The summed E-state index contributed by atoms with van der Waals surface area (Å²) in [5, 5.41) is 0. The Bertz CT molecular complexity index is 912. The van der Waals surface area contributed by atoms with Gasteiger partial charge in [-0.3, -0.25) is 9.20 Å². The average molecular weight is 311 g/mol. The minimum Gasteiger partial charge on any atom is -0.362 e. The smallest absolute Gasteiger partial charge is 0.258 e. The van der Waals surface area contributed by atoms with Crippen LogP contribution < -0.4 is 10.5 Å². The third-order valence-corrected chi connectivity index (χ3v) is 5.11. The normalized spacial score (nSPS) is 17.2. The lowest BCUT2D eigenvalue weighted by Crippen LogP contribution is -2.29. The molecule has 0 radical (unpaired) electrons. The first kappa shape index (κ1) is 13.5. The minimum absolute atomic E-state index is 0.00415. The standard InChI is InChI=1S/C17H17N3OS/c1-11-7-13-5-3-4-6-15(13)19(11)10-14-8-16(21)20-9-12(2)22-17(20)18-14/h3-6,8-9,11H,7,10H2,1-2H3. The van der Waals surface area contributed by atoms with Crippen LogP contribution in [0.5, 0.6) is 0 Å². The summed E-state index contributed by atoms with van der Waals surface area (Å²) < 4.78 is 1.63. The number of aromatic nitrogens is 2. The highest BCUT2D eigenvalue weighted by Crippen LogP contribution is 2.32. The van der Waals surface area contributed by atoms with E-state index < -0.39 is 0 Å². The van der Waals surface area contributed by atoms with Crippen LogP contribution in [0.25, 0.3) is 4.96 Å². The van der Waals surface area contributed by atoms with Crippen molar-refractivity contribution in [3.8, 4) is 0 Å². The number of thiazole rings is 1. The van der Waals surface area contributed by atoms with Crippen LogP contribution in [0.15, 0.2) is 41.3 Å². The Balaban J connectivity index is 1.73. The molecule has 5 heteroatoms. The number of benzene rings is 1. The second-order valence-corrected chi connectivity index (χ2v) is 7.10. The highest BCUT2D eigenvalue weighted by atomic mass is 32.1. The molecule has 1 unspecified atom stereocenters. The first-order valence-electron chi connectivity index (χ1n) is 7.45. The summed E-state index contributed by atoms with van der Waals surface area (Å²) in [5.41, 5.74) is 3.49. The van der Waals surface area contributed by atoms with Gasteiger partial charge in [-0.2, -0.15) is 0 Å². The van der Waals surface area contributed by atoms with Crippen molar-refractivity contribution in [1.82, 2.24) is 9.38 Å². The maximum atomic E-state index is 12.2. The van der Waals surface area contributed by atoms with Crippen LogP contribution in [0, 0.1) is 6.92 Å². The van der Waals surface area contributed by atoms with E-state index in [9.17, 15) is 4.79 Å². The molecule has 2 aromatic heterocycles. The van der Waals surface area contributed by atoms with Crippen LogP contribution in [0.2, 0.25) is 0 Å². The number of rotatable bonds is 2. The highest BCUT2D eigenvalue weighted by Gasteiger charge is 2.26. The monoisotopic (exact) mass is 311 g/mol. The van der Waals surface area contributed by atoms with Crippen LogP contribution in [-0.2, 0) is 13.0 Å². The molecule has 0 amide bonds. The molecule has 112 valence electrons. The Hall–Kier alpha value is -2.14. The molecule has 1 atom stereocenters. The molecule has 22 heavy (non-hydrogen) atoms. The van der Waals surface area contributed by atoms with E-state index >= 15 is 0 Å². The van der Waals surface area contributed by atoms with Gasteiger partial charge in [0.05, 0.1) is 12.2 Å². The highest BCUT2D eigenvalue weighted by molar-refractivity contribution is 7.16. The molecule has 0 saturated carbocycles. The number of fused-ring (bicyclic) bond motifs is 2. The molecule has 0 bridgehead atoms. The van der Waals surface area contributed by atoms with Crippen molar-refractivity contribution in [2.45, 2.75) is 32.9 Å². The molecule has 1 aromatic carbocycles. The maximum absolute atomic E-state index is 12.2. The van der Waals surface area contributed by atoms with Gasteiger partial charge >= 0.3 is 0 Å². The van der Waals surface area contributed by atoms with E-state index in [2.05, 4.69) is 41.1 Å². The Morgan fingerprint density at radius 3 is 3.05 bits per heavy atom. The van der Waals surface area contributed by atoms with E-state index in [1.54, 1.807) is 21.8 Å². The quantitative estimate of drug-likeness (QED) is 0.730. The van der Waals surface area contributed by atoms with Crippen molar-refractivity contribution < 1.29 is 0 Å². The van der Waals surface area contributed by atoms with Gasteiger partial charge in [0.15, 0.2) is 4.96 Å². The molecule has 0 saturated heterocycles. The Labute approximate surface area is 132 Å². The molecular formula is C17H17N3OS. The first-order chi connectivity index (χ1) is 10.6. The van der Waals surface area contributed by atoms with E-state index in [1.807, 2.05) is 13.1 Å². The van der Waals surface area contributed by atoms with E-state index in [0.717, 1.165) is 22.0 Å². The van der Waals surface area contributed by atoms with Crippen LogP contribution >= 0.6 is 11.3 Å². The molecule has 0 aliphatic carbocycles. The van der Waals surface area contributed by atoms with Gasteiger partial charge in [0.25, 0.3) is 5.56 Å². The molecule has 1 aliphatic heterocycles. The van der Waals surface area contributed by atoms with Gasteiger partial charge in [-0.15, -0.1) is 11.3 Å². The van der Waals surface area contributed by atoms with Crippen LogP contribution in [0.3, 0.4) is 0 Å². The number of nitrogens with zero attached hydrogens (tertiary/aromatic N) is 3. The lowest BCUT2D eigenvalue weighted by molar-refractivity contribution is 0.664. The van der Waals surface area contributed by atoms with Gasteiger partial charge in [0.1, 0.15) is 0 Å². The van der Waals surface area contributed by atoms with Crippen molar-refractivity contribution in [3.05, 3.63) is 63.0 Å². The van der Waals surface area contributed by atoms with Crippen LogP contribution in [0.1, 0.15) is 23.1 Å². The second kappa shape index (κ2) is 4.95. The molecular weight excluding hydrogens is 294 g/mol. The van der Waals surface area contributed by atoms with Gasteiger partial charge in [-0.1, -0.05) is 18.2 Å². The molecule has 0 spiro atoms. The third kappa shape index (κ3) is 2.13. The Morgan fingerprint density at radius 2 is 2.18 bits per heavy atom. The van der Waals surface area contributed by atoms with Gasteiger partial charge in [-0.05, 0) is 31.9 Å². The number of aryl methyl sites for hydroxylation is 1. The summed E-state index contributed by atoms with van der Waals surface area (Å²) >= 11 is 1.56. The van der Waals surface area contributed by atoms with E-state index in [-0.39, 0.29) is 5.56 Å². The zero-order valence-corrected chi connectivity index (χ0v) is 13.4. The largest absolute Gasteiger partial charge is 0.362 e. The van der Waals surface area contributed by atoms with Gasteiger partial charge in [0, 0.05) is 28.9 Å². The Morgan fingerprint density at radius 1 is 1.36 bits per heavy atom. The van der Waals surface area contributed by atoms with E-state index in [4.69, 9.17) is 0 Å². The second-order valence-electron chi connectivity index (χ2n) is 5.89. The lowest BCUT2D eigenvalue weighted by Gasteiger charge is -2.24. The fraction of sp³-hybridized carbons (Fsp3) is 0.294. The summed E-state index contributed by atoms with van der Waals surface area (Å²) in [6.07, 6.45) is 2.91. The lowest BCUT2D eigenvalue weighted by atomic mass is 10.1. The zero-order valence-electron chi connectivity index (χ0n) is 12.6. The summed E-state index contributed by atoms with van der Waals surface area (Å²) in [7, 11) is 0. The molecule has 3 heterocycles. The molecule has 4 nitrogen and oxygen atoms in total. The predicted octanol–water partition coefficient (Wildman–Crippen LogP) is 3.02. The topological polar surface area (TPSA) is 37.6 Å². The van der Waals surface area contributed by atoms with Crippen molar-refractivity contribution in [2.75, 3.05) is 4.90 Å². The van der Waals surface area contributed by atoms with E-state index in [0.29, 0.717) is 12.6 Å². The van der Waals surface area contributed by atoms with Crippen molar-refractivity contribution in [2.24, 2.45) is 0 Å². The number of para-hydroxylation sites is 1. The van der Waals surface area contributed by atoms with Crippen molar-refractivity contribution in [3.63, 3.8) is 0 Å². The molecule has 0 N–H and O–H groups in total. The number of hydrogen-bond acceptors (Lipinski definition) is 4. The SMILES string of the molecule is Cc1cn2c(=O)cc(CN3c4ccccc4CC3C)nc2s1. The van der Waals surface area contributed by atoms with E-state index in [1.165, 1.54) is 11.3 Å². The Kier molecular flexibility index (Phi) is 3.04. The van der Waals surface area contributed by atoms with Crippen molar-refractivity contribution >= 4 is 22.0 Å².